The minimum atomic E-state index is 0.525. The zero-order valence-electron chi connectivity index (χ0n) is 8.23. The van der Waals surface area contributed by atoms with Crippen molar-refractivity contribution >= 4 is 16.2 Å². The summed E-state index contributed by atoms with van der Waals surface area (Å²) in [7, 11) is 0.525. The highest BCUT2D eigenvalue weighted by molar-refractivity contribution is 5.97. The van der Waals surface area contributed by atoms with E-state index in [9.17, 15) is 0 Å². The van der Waals surface area contributed by atoms with E-state index in [1.807, 2.05) is 30.3 Å². The van der Waals surface area contributed by atoms with Crippen LogP contribution in [0.1, 0.15) is 6.42 Å². The maximum Gasteiger partial charge on any atom is 0.197 e. The monoisotopic (exact) mass is 213 g/mol. The molecule has 0 saturated carbocycles. The van der Waals surface area contributed by atoms with E-state index in [0.29, 0.717) is 17.1 Å². The molecule has 1 rings (SSSR count). The van der Waals surface area contributed by atoms with Crippen LogP contribution in [-0.2, 0) is 14.5 Å². The van der Waals surface area contributed by atoms with Crippen molar-refractivity contribution in [3.63, 3.8) is 0 Å². The number of hydrogen-bond donors (Lipinski definition) is 1. The van der Waals surface area contributed by atoms with Gasteiger partial charge < -0.3 is 5.32 Å². The predicted octanol–water partition coefficient (Wildman–Crippen LogP) is 0.649. The summed E-state index contributed by atoms with van der Waals surface area (Å²) in [4.78, 5) is 4.69. The first kappa shape index (κ1) is 11.2. The summed E-state index contributed by atoms with van der Waals surface area (Å²) < 4.78 is 4.40. The summed E-state index contributed by atoms with van der Waals surface area (Å²) in [5, 5.41) is 7.57. The summed E-state index contributed by atoms with van der Waals surface area (Å²) in [5.41, 5.74) is 1.12. The third kappa shape index (κ3) is 4.98. The molecule has 0 fully saturated rings. The van der Waals surface area contributed by atoms with Crippen molar-refractivity contribution in [3.05, 3.63) is 30.3 Å². The predicted molar refractivity (Wildman–Crippen MR) is 57.6 cm³/mol. The molecule has 0 radical (unpaired) electrons. The molecule has 0 amide bonds. The quantitative estimate of drug-likeness (QED) is 0.312. The van der Waals surface area contributed by atoms with Crippen LogP contribution in [0.3, 0.4) is 0 Å². The third-order valence-electron chi connectivity index (χ3n) is 1.62. The summed E-state index contributed by atoms with van der Waals surface area (Å²) in [6.45, 7) is 1.39. The van der Waals surface area contributed by atoms with Gasteiger partial charge in [0.2, 0.25) is 0 Å². The highest BCUT2D eigenvalue weighted by Crippen LogP contribution is 2.04. The average molecular weight is 213 g/mol. The van der Waals surface area contributed by atoms with Crippen LogP contribution in [-0.4, -0.2) is 23.6 Å². The van der Waals surface area contributed by atoms with Crippen LogP contribution >= 0.6 is 0 Å². The van der Waals surface area contributed by atoms with Crippen LogP contribution in [0, 0.1) is 0 Å². The van der Waals surface area contributed by atoms with E-state index in [1.54, 1.807) is 0 Å². The molecule has 1 N–H and O–H groups in total. The molecule has 1 aromatic carbocycles. The normalized spacial score (nSPS) is 10.3. The second-order valence-corrected chi connectivity index (χ2v) is 3.04. The maximum atomic E-state index is 4.69. The van der Waals surface area contributed by atoms with Gasteiger partial charge in [0.15, 0.2) is 10.5 Å². The van der Waals surface area contributed by atoms with Gasteiger partial charge in [-0.2, -0.15) is 0 Å². The molecule has 4 nitrogen and oxygen atoms in total. The van der Waals surface area contributed by atoms with Crippen LogP contribution in [0.4, 0.5) is 5.69 Å². The number of nitrogens with one attached hydrogen (secondary N) is 1. The molecular formula is C9H15NO3Si. The molecule has 0 unspecified atom stereocenters. The Labute approximate surface area is 86.6 Å². The van der Waals surface area contributed by atoms with Crippen LogP contribution in [0.15, 0.2) is 30.3 Å². The van der Waals surface area contributed by atoms with Gasteiger partial charge in [0, 0.05) is 12.2 Å². The SMILES string of the molecule is [SiH3]OOOCCCNc1ccccc1. The molecule has 78 valence electrons. The standard InChI is InChI=1S/C9H15NO3Si/c14-13-12-11-8-4-7-10-9-5-2-1-3-6-9/h1-3,5-6,10H,4,7-8H2,14H3. The second kappa shape index (κ2) is 7.51. The fourth-order valence-electron chi connectivity index (χ4n) is 1.00. The highest BCUT2D eigenvalue weighted by Gasteiger charge is 1.90. The summed E-state index contributed by atoms with van der Waals surface area (Å²) in [5.74, 6) is 0. The van der Waals surface area contributed by atoms with Gasteiger partial charge in [-0.1, -0.05) is 23.2 Å². The van der Waals surface area contributed by atoms with Gasteiger partial charge in [0.05, 0.1) is 6.61 Å². The average Bonchev–Trinajstić information content (AvgIpc) is 2.25. The number of anilines is 1. The maximum absolute atomic E-state index is 4.69. The van der Waals surface area contributed by atoms with Gasteiger partial charge in [-0.25, -0.2) is 4.89 Å². The zero-order valence-corrected chi connectivity index (χ0v) is 10.2. The minimum absolute atomic E-state index is 0.525. The van der Waals surface area contributed by atoms with E-state index in [1.165, 1.54) is 0 Å². The Morgan fingerprint density at radius 3 is 2.71 bits per heavy atom. The van der Waals surface area contributed by atoms with Crippen molar-refractivity contribution in [2.24, 2.45) is 0 Å². The first-order valence-electron chi connectivity index (χ1n) is 4.54. The molecule has 0 saturated heterocycles. The topological polar surface area (TPSA) is 39.7 Å². The largest absolute Gasteiger partial charge is 0.385 e. The molecule has 0 aliphatic rings. The van der Waals surface area contributed by atoms with Crippen LogP contribution < -0.4 is 5.32 Å². The Bertz CT molecular complexity index is 233. The molecule has 0 aliphatic carbocycles. The lowest BCUT2D eigenvalue weighted by Gasteiger charge is -2.05. The number of para-hydroxylation sites is 1. The van der Waals surface area contributed by atoms with Crippen LogP contribution in [0.25, 0.3) is 0 Å². The lowest BCUT2D eigenvalue weighted by atomic mass is 10.3. The molecule has 0 heterocycles. The van der Waals surface area contributed by atoms with E-state index in [-0.39, 0.29) is 0 Å². The molecule has 5 heteroatoms. The van der Waals surface area contributed by atoms with Crippen molar-refractivity contribution in [2.75, 3.05) is 18.5 Å². The van der Waals surface area contributed by atoms with Crippen LogP contribution in [0.5, 0.6) is 0 Å². The summed E-state index contributed by atoms with van der Waals surface area (Å²) in [6, 6.07) is 10.0. The Morgan fingerprint density at radius 2 is 2.00 bits per heavy atom. The lowest BCUT2D eigenvalue weighted by molar-refractivity contribution is -0.466. The molecule has 0 aliphatic heterocycles. The zero-order chi connectivity index (χ0) is 10.1. The molecular weight excluding hydrogens is 198 g/mol. The summed E-state index contributed by atoms with van der Waals surface area (Å²) in [6.07, 6.45) is 0.875. The lowest BCUT2D eigenvalue weighted by Crippen LogP contribution is -2.05. The van der Waals surface area contributed by atoms with Crippen molar-refractivity contribution in [3.8, 4) is 0 Å². The fourth-order valence-corrected chi connectivity index (χ4v) is 1.10. The molecule has 0 bridgehead atoms. The Morgan fingerprint density at radius 1 is 1.21 bits per heavy atom. The minimum Gasteiger partial charge on any atom is -0.385 e. The van der Waals surface area contributed by atoms with E-state index >= 15 is 0 Å². The van der Waals surface area contributed by atoms with Gasteiger partial charge in [0.25, 0.3) is 0 Å². The Balaban J connectivity index is 1.99. The third-order valence-corrected chi connectivity index (χ3v) is 1.76. The smallest absolute Gasteiger partial charge is 0.197 e. The highest BCUT2D eigenvalue weighted by atomic mass is 28.2. The number of rotatable bonds is 7. The van der Waals surface area contributed by atoms with Crippen molar-refractivity contribution in [1.29, 1.82) is 0 Å². The van der Waals surface area contributed by atoms with Crippen molar-refractivity contribution in [2.45, 2.75) is 6.42 Å². The van der Waals surface area contributed by atoms with Gasteiger partial charge >= 0.3 is 0 Å². The number of hydrogen-bond acceptors (Lipinski definition) is 4. The summed E-state index contributed by atoms with van der Waals surface area (Å²) >= 11 is 0. The van der Waals surface area contributed by atoms with E-state index in [4.69, 9.17) is 4.89 Å². The molecule has 0 spiro atoms. The second-order valence-electron chi connectivity index (χ2n) is 2.70. The van der Waals surface area contributed by atoms with Crippen molar-refractivity contribution in [1.82, 2.24) is 0 Å². The van der Waals surface area contributed by atoms with E-state index in [0.717, 1.165) is 18.7 Å². The van der Waals surface area contributed by atoms with Gasteiger partial charge in [-0.05, 0) is 18.6 Å². The molecule has 0 atom stereocenters. The number of benzene rings is 1. The Hall–Kier alpha value is -0.883. The van der Waals surface area contributed by atoms with Gasteiger partial charge in [0.1, 0.15) is 0 Å². The first-order chi connectivity index (χ1) is 6.93. The molecule has 14 heavy (non-hydrogen) atoms. The molecule has 1 aromatic rings. The fraction of sp³-hybridized carbons (Fsp3) is 0.333. The van der Waals surface area contributed by atoms with Gasteiger partial charge in [-0.15, -0.1) is 0 Å². The van der Waals surface area contributed by atoms with E-state index in [2.05, 4.69) is 14.9 Å². The van der Waals surface area contributed by atoms with E-state index < -0.39 is 0 Å². The first-order valence-corrected chi connectivity index (χ1v) is 5.36. The Kier molecular flexibility index (Phi) is 6.01. The van der Waals surface area contributed by atoms with Crippen LogP contribution in [0.2, 0.25) is 0 Å². The molecule has 0 aromatic heterocycles. The van der Waals surface area contributed by atoms with Gasteiger partial charge in [-0.3, -0.25) is 4.58 Å². The van der Waals surface area contributed by atoms with Crippen molar-refractivity contribution < 1.29 is 14.5 Å².